The van der Waals surface area contributed by atoms with Crippen molar-refractivity contribution in [3.05, 3.63) is 217 Å². The van der Waals surface area contributed by atoms with Gasteiger partial charge in [-0.15, -0.1) is 0 Å². The van der Waals surface area contributed by atoms with Crippen LogP contribution in [-0.2, 0) is 0 Å². The molecular weight excluding hydrogens is 778 g/mol. The molecule has 0 atom stereocenters. The normalized spacial score (nSPS) is 13.4. The van der Waals surface area contributed by atoms with E-state index in [-0.39, 0.29) is 13.4 Å². The van der Waals surface area contributed by atoms with Crippen molar-refractivity contribution in [2.75, 3.05) is 19.6 Å². The fraction of sp³-hybridized carbons (Fsp3) is 0. The zero-order valence-electron chi connectivity index (χ0n) is 34.5. The maximum absolute atomic E-state index is 11.1. The van der Waals surface area contributed by atoms with Crippen molar-refractivity contribution in [1.82, 2.24) is 0 Å². The van der Waals surface area contributed by atoms with Crippen LogP contribution in [0.4, 0.5) is 68.2 Å². The first-order chi connectivity index (χ1) is 31.7. The van der Waals surface area contributed by atoms with Crippen LogP contribution < -0.4 is 52.4 Å². The Labute approximate surface area is 372 Å². The maximum atomic E-state index is 11.1. The van der Waals surface area contributed by atoms with Crippen LogP contribution >= 0.6 is 0 Å². The van der Waals surface area contributed by atoms with Crippen LogP contribution in [0.1, 0.15) is 11.1 Å². The Bertz CT molecular complexity index is 3230. The molecule has 4 aliphatic rings. The number of nitrogens with zero attached hydrogens (tertiary/aromatic N) is 6. The van der Waals surface area contributed by atoms with Crippen molar-refractivity contribution in [3.63, 3.8) is 0 Å². The molecule has 4 aliphatic heterocycles. The minimum atomic E-state index is -0.203. The van der Waals surface area contributed by atoms with Crippen LogP contribution in [0.2, 0.25) is 0 Å². The molecule has 64 heavy (non-hydrogen) atoms. The summed E-state index contributed by atoms with van der Waals surface area (Å²) in [6.45, 7) is -0.406. The summed E-state index contributed by atoms with van der Waals surface area (Å²) in [5, 5.41) is 22.1. The highest BCUT2D eigenvalue weighted by atomic mass is 15.2. The second kappa shape index (κ2) is 13.9. The minimum absolute atomic E-state index is 0.203. The van der Waals surface area contributed by atoms with E-state index in [4.69, 9.17) is 0 Å². The number of nitriles is 2. The fourth-order valence-corrected chi connectivity index (χ4v) is 11.0. The summed E-state index contributed by atoms with van der Waals surface area (Å²) in [7, 11) is 0. The molecule has 0 fully saturated rings. The summed E-state index contributed by atoms with van der Waals surface area (Å²) in [6.07, 6.45) is 0. The molecule has 8 heteroatoms. The molecular formula is C56H34B2N6. The number of rotatable bonds is 4. The SMILES string of the molecule is N#Cc1ccc2c3c1N(c1ccccc1)c1cc4c(cc1B3c1ccccc1N2c1ccccc1)B1c2ccccc2N(c2ccccc2)c2ccc(C#N)c(c21)N4c1ccccc1. The number of para-hydroxylation sites is 6. The van der Waals surface area contributed by atoms with Gasteiger partial charge >= 0.3 is 0 Å². The molecule has 0 N–H and O–H groups in total. The first-order valence-electron chi connectivity index (χ1n) is 21.6. The van der Waals surface area contributed by atoms with Crippen LogP contribution in [-0.4, -0.2) is 13.4 Å². The number of anilines is 12. The molecule has 13 rings (SSSR count). The largest absolute Gasteiger partial charge is 0.311 e. The lowest BCUT2D eigenvalue weighted by Gasteiger charge is -2.47. The van der Waals surface area contributed by atoms with Crippen molar-refractivity contribution in [3.8, 4) is 12.1 Å². The molecule has 0 aromatic heterocycles. The van der Waals surface area contributed by atoms with Crippen molar-refractivity contribution in [2.24, 2.45) is 0 Å². The first-order valence-corrected chi connectivity index (χ1v) is 21.6. The Morgan fingerprint density at radius 3 is 1.02 bits per heavy atom. The number of fused-ring (bicyclic) bond motifs is 8. The van der Waals surface area contributed by atoms with Crippen LogP contribution in [0.3, 0.4) is 0 Å². The van der Waals surface area contributed by atoms with E-state index in [2.05, 4.69) is 214 Å². The van der Waals surface area contributed by atoms with Crippen LogP contribution in [0.15, 0.2) is 206 Å². The summed E-state index contributed by atoms with van der Waals surface area (Å²) < 4.78 is 0. The van der Waals surface area contributed by atoms with E-state index in [0.29, 0.717) is 11.1 Å². The molecule has 0 bridgehead atoms. The van der Waals surface area contributed by atoms with Crippen molar-refractivity contribution >= 4 is 114 Å². The average molecular weight is 813 g/mol. The minimum Gasteiger partial charge on any atom is -0.311 e. The first kappa shape index (κ1) is 36.0. The van der Waals surface area contributed by atoms with Gasteiger partial charge in [0.2, 0.25) is 0 Å². The van der Waals surface area contributed by atoms with E-state index in [1.165, 1.54) is 10.9 Å². The average Bonchev–Trinajstić information content (AvgIpc) is 3.36. The Hall–Kier alpha value is -8.71. The molecule has 0 saturated carbocycles. The van der Waals surface area contributed by atoms with E-state index in [1.54, 1.807) is 0 Å². The van der Waals surface area contributed by atoms with Crippen LogP contribution in [0.25, 0.3) is 0 Å². The Morgan fingerprint density at radius 1 is 0.297 bits per heavy atom. The molecule has 294 valence electrons. The van der Waals surface area contributed by atoms with Gasteiger partial charge in [-0.1, -0.05) is 115 Å². The summed E-state index contributed by atoms with van der Waals surface area (Å²) in [5.41, 5.74) is 20.2. The molecule has 9 aromatic rings. The fourth-order valence-electron chi connectivity index (χ4n) is 11.0. The van der Waals surface area contributed by atoms with Gasteiger partial charge in [0.05, 0.1) is 22.5 Å². The molecule has 0 radical (unpaired) electrons. The van der Waals surface area contributed by atoms with Gasteiger partial charge in [-0.05, 0) is 124 Å². The van der Waals surface area contributed by atoms with Gasteiger partial charge in [0.1, 0.15) is 12.1 Å². The monoisotopic (exact) mass is 812 g/mol. The predicted molar refractivity (Wildman–Crippen MR) is 264 cm³/mol. The Kier molecular flexibility index (Phi) is 7.82. The topological polar surface area (TPSA) is 60.5 Å². The van der Waals surface area contributed by atoms with Crippen LogP contribution in [0, 0.1) is 22.7 Å². The highest BCUT2D eigenvalue weighted by molar-refractivity contribution is 7.03. The predicted octanol–water partition coefficient (Wildman–Crippen LogP) is 9.60. The molecule has 9 aromatic carbocycles. The van der Waals surface area contributed by atoms with Gasteiger partial charge in [-0.25, -0.2) is 0 Å². The number of hydrogen-bond acceptors (Lipinski definition) is 6. The van der Waals surface area contributed by atoms with Gasteiger partial charge in [-0.3, -0.25) is 0 Å². The van der Waals surface area contributed by atoms with Crippen LogP contribution in [0.5, 0.6) is 0 Å². The van der Waals surface area contributed by atoms with E-state index in [1.807, 2.05) is 24.3 Å². The van der Waals surface area contributed by atoms with Gasteiger partial charge < -0.3 is 19.6 Å². The van der Waals surface area contributed by atoms with E-state index in [0.717, 1.165) is 90.1 Å². The summed E-state index contributed by atoms with van der Waals surface area (Å²) >= 11 is 0. The third kappa shape index (κ3) is 4.97. The second-order valence-electron chi connectivity index (χ2n) is 16.7. The van der Waals surface area contributed by atoms with E-state index >= 15 is 0 Å². The lowest BCUT2D eigenvalue weighted by Crippen LogP contribution is -2.65. The van der Waals surface area contributed by atoms with E-state index < -0.39 is 0 Å². The summed E-state index contributed by atoms with van der Waals surface area (Å²) in [6, 6.07) is 77.8. The quantitative estimate of drug-likeness (QED) is 0.165. The third-order valence-electron chi connectivity index (χ3n) is 13.5. The van der Waals surface area contributed by atoms with Gasteiger partial charge in [0.25, 0.3) is 13.4 Å². The molecule has 0 aliphatic carbocycles. The summed E-state index contributed by atoms with van der Waals surface area (Å²) in [5.74, 6) is 0. The third-order valence-corrected chi connectivity index (χ3v) is 13.5. The molecule has 6 nitrogen and oxygen atoms in total. The molecule has 0 unspecified atom stereocenters. The zero-order chi connectivity index (χ0) is 42.5. The molecule has 4 heterocycles. The lowest BCUT2D eigenvalue weighted by atomic mass is 9.30. The van der Waals surface area contributed by atoms with Gasteiger partial charge in [0.15, 0.2) is 0 Å². The van der Waals surface area contributed by atoms with Crippen molar-refractivity contribution in [1.29, 1.82) is 10.5 Å². The molecule has 0 saturated heterocycles. The zero-order valence-corrected chi connectivity index (χ0v) is 34.5. The molecule has 0 amide bonds. The Morgan fingerprint density at radius 2 is 0.641 bits per heavy atom. The van der Waals surface area contributed by atoms with Gasteiger partial charge in [0, 0.05) is 56.9 Å². The highest BCUT2D eigenvalue weighted by Crippen LogP contribution is 2.49. The maximum Gasteiger partial charge on any atom is 0.252 e. The van der Waals surface area contributed by atoms with Gasteiger partial charge in [-0.2, -0.15) is 10.5 Å². The number of hydrogen-bond donors (Lipinski definition) is 0. The molecule has 0 spiro atoms. The highest BCUT2D eigenvalue weighted by Gasteiger charge is 2.49. The Balaban J connectivity index is 1.17. The standard InChI is InChI=1S/C56H34B2N6/c59-35-37-29-31-49-53-55(37)63(41-21-9-3-10-22-41)51-34-52-46(33-45(51)57(53)43-25-13-15-27-47(43)61(49)39-17-5-1-6-18-39)58-44-26-14-16-28-48(44)62(40-19-7-2-8-20-40)50-32-30-38(36-60)56(54(50)58)64(52)42-23-11-4-12-24-42/h1-34H. The smallest absolute Gasteiger partial charge is 0.252 e. The van der Waals surface area contributed by atoms with Crippen molar-refractivity contribution in [2.45, 2.75) is 0 Å². The van der Waals surface area contributed by atoms with E-state index in [9.17, 15) is 10.5 Å². The summed E-state index contributed by atoms with van der Waals surface area (Å²) in [4.78, 5) is 9.34. The second-order valence-corrected chi connectivity index (χ2v) is 16.7. The lowest BCUT2D eigenvalue weighted by molar-refractivity contribution is 1.22. The number of benzene rings is 9. The van der Waals surface area contributed by atoms with Crippen molar-refractivity contribution < 1.29 is 0 Å².